The molecule has 0 aliphatic heterocycles. The first-order valence-electron chi connectivity index (χ1n) is 9.82. The van der Waals surface area contributed by atoms with Crippen LogP contribution >= 0.6 is 57.6 Å². The topological polar surface area (TPSA) is 65.8 Å². The van der Waals surface area contributed by atoms with E-state index in [0.717, 1.165) is 51.7 Å². The number of rotatable bonds is 6. The van der Waals surface area contributed by atoms with Gasteiger partial charge >= 0.3 is 0 Å². The van der Waals surface area contributed by atoms with Crippen LogP contribution in [-0.2, 0) is 24.1 Å². The fourth-order valence-electron chi connectivity index (χ4n) is 3.54. The van der Waals surface area contributed by atoms with Crippen molar-refractivity contribution >= 4 is 68.5 Å². The van der Waals surface area contributed by atoms with E-state index in [1.165, 1.54) is 16.6 Å². The molecule has 31 heavy (non-hydrogen) atoms. The molecule has 9 heteroatoms. The Balaban J connectivity index is 1.39. The average molecular weight is 509 g/mol. The number of hydrogen-bond donors (Lipinski definition) is 1. The van der Waals surface area contributed by atoms with Crippen LogP contribution in [0.4, 0.5) is 5.00 Å². The molecule has 1 amide bonds. The number of carbonyl (C=O) groups is 1. The van der Waals surface area contributed by atoms with Crippen molar-refractivity contribution in [2.24, 2.45) is 0 Å². The van der Waals surface area contributed by atoms with Crippen molar-refractivity contribution in [3.63, 3.8) is 0 Å². The summed E-state index contributed by atoms with van der Waals surface area (Å²) in [5, 5.41) is 14.5. The smallest absolute Gasteiger partial charge is 0.235 e. The number of fused-ring (bicyclic) bond motifs is 1. The summed E-state index contributed by atoms with van der Waals surface area (Å²) in [5.41, 5.74) is 3.66. The molecule has 2 aromatic heterocycles. The highest BCUT2D eigenvalue weighted by Crippen LogP contribution is 2.38. The van der Waals surface area contributed by atoms with Crippen LogP contribution in [0, 0.1) is 18.3 Å². The third-order valence-electron chi connectivity index (χ3n) is 5.09. The van der Waals surface area contributed by atoms with E-state index >= 15 is 0 Å². The van der Waals surface area contributed by atoms with Crippen LogP contribution in [-0.4, -0.2) is 16.6 Å². The Labute approximate surface area is 203 Å². The summed E-state index contributed by atoms with van der Waals surface area (Å²) in [6.45, 7) is 1.96. The van der Waals surface area contributed by atoms with Crippen LogP contribution in [0.1, 0.15) is 45.0 Å². The van der Waals surface area contributed by atoms with Crippen molar-refractivity contribution in [2.45, 2.75) is 43.4 Å². The van der Waals surface area contributed by atoms with Gasteiger partial charge < -0.3 is 5.32 Å². The molecule has 0 saturated heterocycles. The molecule has 0 saturated carbocycles. The van der Waals surface area contributed by atoms with Gasteiger partial charge in [0.2, 0.25) is 5.91 Å². The maximum absolute atomic E-state index is 12.5. The number of thioether (sulfide) groups is 1. The van der Waals surface area contributed by atoms with Gasteiger partial charge in [-0.15, -0.1) is 22.7 Å². The summed E-state index contributed by atoms with van der Waals surface area (Å²) in [4.78, 5) is 19.5. The first-order valence-corrected chi connectivity index (χ1v) is 13.2. The fourth-order valence-corrected chi connectivity index (χ4v) is 7.23. The number of benzene rings is 1. The Morgan fingerprint density at radius 2 is 2.10 bits per heavy atom. The molecule has 2 heterocycles. The predicted molar refractivity (Wildman–Crippen MR) is 131 cm³/mol. The zero-order valence-corrected chi connectivity index (χ0v) is 20.7. The number of aryl methyl sites for hydroxylation is 2. The summed E-state index contributed by atoms with van der Waals surface area (Å²) >= 11 is 16.9. The van der Waals surface area contributed by atoms with Gasteiger partial charge in [0.25, 0.3) is 0 Å². The number of halogens is 2. The lowest BCUT2D eigenvalue weighted by atomic mass is 9.96. The third kappa shape index (κ3) is 5.27. The van der Waals surface area contributed by atoms with Gasteiger partial charge in [0.15, 0.2) is 4.34 Å². The van der Waals surface area contributed by atoms with E-state index < -0.39 is 0 Å². The molecule has 3 aromatic rings. The predicted octanol–water partition coefficient (Wildman–Crippen LogP) is 6.89. The van der Waals surface area contributed by atoms with Gasteiger partial charge in [-0.2, -0.15) is 5.26 Å². The number of aromatic nitrogens is 1. The Hall–Kier alpha value is -1.56. The molecule has 1 N–H and O–H groups in total. The lowest BCUT2D eigenvalue weighted by Crippen LogP contribution is -2.13. The SMILES string of the molecule is Cc1nc(SCC(=O)Nc2sc3c(c2C#N)CCCC3)sc1Cc1cc(Cl)ccc1Cl. The van der Waals surface area contributed by atoms with Gasteiger partial charge in [-0.25, -0.2) is 4.98 Å². The molecule has 0 fully saturated rings. The molecule has 0 radical (unpaired) electrons. The molecule has 0 spiro atoms. The number of hydrogen-bond acceptors (Lipinski definition) is 6. The molecule has 1 aliphatic carbocycles. The molecule has 4 nitrogen and oxygen atoms in total. The van der Waals surface area contributed by atoms with E-state index in [-0.39, 0.29) is 11.7 Å². The second-order valence-corrected chi connectivity index (χ2v) is 11.5. The molecule has 1 aromatic carbocycles. The molecule has 160 valence electrons. The van der Waals surface area contributed by atoms with E-state index in [2.05, 4.69) is 16.4 Å². The number of nitriles is 1. The van der Waals surface area contributed by atoms with Gasteiger partial charge in [0.1, 0.15) is 11.1 Å². The van der Waals surface area contributed by atoms with E-state index in [0.29, 0.717) is 27.0 Å². The van der Waals surface area contributed by atoms with Crippen molar-refractivity contribution in [2.75, 3.05) is 11.1 Å². The standard InChI is InChI=1S/C22H19Cl2N3OS3/c1-12-19(9-13-8-14(23)6-7-17(13)24)31-22(26-12)29-11-20(28)27-21-16(10-25)15-4-2-3-5-18(15)30-21/h6-8H,2-5,9,11H2,1H3,(H,27,28). The van der Waals surface area contributed by atoms with Crippen molar-refractivity contribution in [3.8, 4) is 6.07 Å². The summed E-state index contributed by atoms with van der Waals surface area (Å²) in [6.07, 6.45) is 4.83. The number of nitrogens with zero attached hydrogens (tertiary/aromatic N) is 2. The molecular formula is C22H19Cl2N3OS3. The maximum Gasteiger partial charge on any atom is 0.235 e. The first-order chi connectivity index (χ1) is 14.9. The number of thiophene rings is 1. The minimum absolute atomic E-state index is 0.118. The zero-order chi connectivity index (χ0) is 22.0. The molecule has 0 bridgehead atoms. The number of carbonyl (C=O) groups excluding carboxylic acids is 1. The summed E-state index contributed by atoms with van der Waals surface area (Å²) < 4.78 is 0.840. The molecular weight excluding hydrogens is 489 g/mol. The molecule has 1 aliphatic rings. The monoisotopic (exact) mass is 507 g/mol. The van der Waals surface area contributed by atoms with Gasteiger partial charge in [-0.05, 0) is 61.9 Å². The van der Waals surface area contributed by atoms with Crippen molar-refractivity contribution in [3.05, 3.63) is 60.4 Å². The van der Waals surface area contributed by atoms with E-state index in [1.807, 2.05) is 13.0 Å². The van der Waals surface area contributed by atoms with Crippen molar-refractivity contribution in [1.29, 1.82) is 5.26 Å². The summed E-state index contributed by atoms with van der Waals surface area (Å²) in [6, 6.07) is 7.73. The van der Waals surface area contributed by atoms with E-state index in [9.17, 15) is 10.1 Å². The second-order valence-electron chi connectivity index (χ2n) is 7.26. The average Bonchev–Trinajstić information content (AvgIpc) is 3.28. The van der Waals surface area contributed by atoms with Crippen molar-refractivity contribution < 1.29 is 4.79 Å². The van der Waals surface area contributed by atoms with Gasteiger partial charge in [-0.1, -0.05) is 35.0 Å². The largest absolute Gasteiger partial charge is 0.316 e. The molecule has 0 unspecified atom stereocenters. The van der Waals surface area contributed by atoms with Gasteiger partial charge in [0, 0.05) is 26.2 Å². The van der Waals surface area contributed by atoms with Crippen LogP contribution in [0.25, 0.3) is 0 Å². The van der Waals surface area contributed by atoms with Crippen LogP contribution in [0.3, 0.4) is 0 Å². The fraction of sp³-hybridized carbons (Fsp3) is 0.318. The minimum Gasteiger partial charge on any atom is -0.316 e. The summed E-state index contributed by atoms with van der Waals surface area (Å²) in [5.74, 6) is 0.130. The highest BCUT2D eigenvalue weighted by Gasteiger charge is 2.22. The number of amides is 1. The highest BCUT2D eigenvalue weighted by atomic mass is 35.5. The van der Waals surface area contributed by atoms with Crippen LogP contribution in [0.5, 0.6) is 0 Å². The Bertz CT molecular complexity index is 1180. The van der Waals surface area contributed by atoms with E-state index in [4.69, 9.17) is 23.2 Å². The molecule has 0 atom stereocenters. The second kappa shape index (κ2) is 9.93. The quantitative estimate of drug-likeness (QED) is 0.368. The lowest BCUT2D eigenvalue weighted by Gasteiger charge is -2.09. The van der Waals surface area contributed by atoms with Crippen LogP contribution < -0.4 is 5.32 Å². The third-order valence-corrected chi connectivity index (χ3v) is 9.21. The van der Waals surface area contributed by atoms with Gasteiger partial charge in [0.05, 0.1) is 17.0 Å². The van der Waals surface area contributed by atoms with Crippen molar-refractivity contribution in [1.82, 2.24) is 4.98 Å². The van der Waals surface area contributed by atoms with Crippen LogP contribution in [0.2, 0.25) is 10.0 Å². The Kier molecular flexibility index (Phi) is 7.25. The number of nitrogens with one attached hydrogen (secondary N) is 1. The normalized spacial score (nSPS) is 13.0. The Morgan fingerprint density at radius 1 is 1.29 bits per heavy atom. The van der Waals surface area contributed by atoms with Crippen LogP contribution in [0.15, 0.2) is 22.5 Å². The number of thiazole rings is 1. The minimum atomic E-state index is -0.118. The first kappa shape index (κ1) is 22.6. The number of anilines is 1. The Morgan fingerprint density at radius 3 is 2.90 bits per heavy atom. The highest BCUT2D eigenvalue weighted by molar-refractivity contribution is 8.01. The molecule has 4 rings (SSSR count). The zero-order valence-electron chi connectivity index (χ0n) is 16.8. The van der Waals surface area contributed by atoms with Gasteiger partial charge in [-0.3, -0.25) is 4.79 Å². The maximum atomic E-state index is 12.5. The van der Waals surface area contributed by atoms with E-state index in [1.54, 1.807) is 34.8 Å². The summed E-state index contributed by atoms with van der Waals surface area (Å²) in [7, 11) is 0. The lowest BCUT2D eigenvalue weighted by molar-refractivity contribution is -0.113.